The van der Waals surface area contributed by atoms with Crippen molar-refractivity contribution in [3.63, 3.8) is 0 Å². The van der Waals surface area contributed by atoms with Gasteiger partial charge >= 0.3 is 7.60 Å². The Bertz CT molecular complexity index is 1120. The monoisotopic (exact) mass is 518 g/mol. The van der Waals surface area contributed by atoms with Gasteiger partial charge in [-0.2, -0.15) is 0 Å². The second kappa shape index (κ2) is 11.4. The van der Waals surface area contributed by atoms with E-state index in [1.165, 1.54) is 11.0 Å². The number of hydrogen-bond acceptors (Lipinski definition) is 8. The van der Waals surface area contributed by atoms with Crippen molar-refractivity contribution in [3.8, 4) is 11.4 Å². The van der Waals surface area contributed by atoms with Gasteiger partial charge in [0.1, 0.15) is 17.6 Å². The predicted molar refractivity (Wildman–Crippen MR) is 133 cm³/mol. The second-order valence-corrected chi connectivity index (χ2v) is 10.5. The van der Waals surface area contributed by atoms with Crippen molar-refractivity contribution in [2.75, 3.05) is 57.4 Å². The first-order valence-electron chi connectivity index (χ1n) is 11.8. The van der Waals surface area contributed by atoms with E-state index in [0.29, 0.717) is 56.5 Å². The Hall–Kier alpha value is -2.89. The summed E-state index contributed by atoms with van der Waals surface area (Å²) >= 11 is 0. The number of amides is 2. The van der Waals surface area contributed by atoms with Crippen molar-refractivity contribution in [2.45, 2.75) is 18.6 Å². The van der Waals surface area contributed by atoms with E-state index in [0.717, 1.165) is 6.42 Å². The number of methoxy groups -OCH3 is 1. The van der Waals surface area contributed by atoms with Gasteiger partial charge in [0.15, 0.2) is 5.82 Å². The van der Waals surface area contributed by atoms with Crippen LogP contribution in [-0.4, -0.2) is 101 Å². The number of carbonyl (C=O) groups is 2. The van der Waals surface area contributed by atoms with Crippen molar-refractivity contribution in [1.29, 1.82) is 0 Å². The molecule has 2 aliphatic rings. The lowest BCUT2D eigenvalue weighted by Gasteiger charge is -2.31. The highest BCUT2D eigenvalue weighted by atomic mass is 31.2. The summed E-state index contributed by atoms with van der Waals surface area (Å²) in [6.07, 6.45) is 0.0560. The highest BCUT2D eigenvalue weighted by Gasteiger charge is 2.33. The standard InChI is InChI=1S/C23H31N6O6P/c1-35-17-7-10-29(14-17)20-13-18(25-21(27-20)16-5-3-2-4-6-16)22(30)26-19(15-36(32,33)34)23(31)28-11-8-24-9-12-28/h2-6,13,17,19,24H,7-12,14-15H2,1H3,(H,26,30)(H2,32,33,34)/t17-,19-/m0/s1. The lowest BCUT2D eigenvalue weighted by molar-refractivity contribution is -0.133. The molecule has 0 bridgehead atoms. The largest absolute Gasteiger partial charge is 0.380 e. The molecular weight excluding hydrogens is 487 g/mol. The first-order valence-corrected chi connectivity index (χ1v) is 13.6. The Morgan fingerprint density at radius 2 is 1.92 bits per heavy atom. The van der Waals surface area contributed by atoms with E-state index in [1.54, 1.807) is 7.11 Å². The maximum atomic E-state index is 13.3. The summed E-state index contributed by atoms with van der Waals surface area (Å²) in [5, 5.41) is 5.65. The Morgan fingerprint density at radius 3 is 2.56 bits per heavy atom. The Kier molecular flexibility index (Phi) is 8.32. The van der Waals surface area contributed by atoms with Crippen molar-refractivity contribution in [3.05, 3.63) is 42.1 Å². The number of nitrogens with one attached hydrogen (secondary N) is 2. The molecule has 1 aromatic heterocycles. The number of piperazine rings is 1. The first-order chi connectivity index (χ1) is 17.2. The molecule has 12 nitrogen and oxygen atoms in total. The smallest absolute Gasteiger partial charge is 0.328 e. The van der Waals surface area contributed by atoms with Gasteiger partial charge in [0.2, 0.25) is 5.91 Å². The van der Waals surface area contributed by atoms with Crippen molar-refractivity contribution in [2.24, 2.45) is 0 Å². The van der Waals surface area contributed by atoms with E-state index in [9.17, 15) is 23.9 Å². The van der Waals surface area contributed by atoms with E-state index < -0.39 is 31.6 Å². The number of aromatic nitrogens is 2. The van der Waals surface area contributed by atoms with E-state index >= 15 is 0 Å². The van der Waals surface area contributed by atoms with Gasteiger partial charge in [0, 0.05) is 58.0 Å². The van der Waals surface area contributed by atoms with Gasteiger partial charge in [-0.25, -0.2) is 9.97 Å². The average Bonchev–Trinajstić information content (AvgIpc) is 3.37. The lowest BCUT2D eigenvalue weighted by atomic mass is 10.2. The first kappa shape index (κ1) is 26.2. The Morgan fingerprint density at radius 1 is 1.19 bits per heavy atom. The Balaban J connectivity index is 1.63. The van der Waals surface area contributed by atoms with Crippen LogP contribution in [0.2, 0.25) is 0 Å². The third kappa shape index (κ3) is 6.65. The fourth-order valence-electron chi connectivity index (χ4n) is 4.32. The molecule has 0 radical (unpaired) electrons. The number of carbonyl (C=O) groups excluding carboxylic acids is 2. The summed E-state index contributed by atoms with van der Waals surface area (Å²) in [7, 11) is -2.95. The molecular formula is C23H31N6O6P. The number of ether oxygens (including phenoxy) is 1. The minimum Gasteiger partial charge on any atom is -0.380 e. The topological polar surface area (TPSA) is 157 Å². The highest BCUT2D eigenvalue weighted by molar-refractivity contribution is 7.51. The van der Waals surface area contributed by atoms with Crippen LogP contribution in [0.15, 0.2) is 36.4 Å². The molecule has 3 heterocycles. The van der Waals surface area contributed by atoms with Gasteiger partial charge in [-0.15, -0.1) is 0 Å². The normalized spacial score (nSPS) is 19.2. The SMILES string of the molecule is CO[C@H]1CCN(c2cc(C(=O)N[C@@H](CP(=O)(O)O)C(=O)N3CCNCC3)nc(-c3ccccc3)n2)C1. The van der Waals surface area contributed by atoms with Crippen molar-refractivity contribution >= 4 is 25.2 Å². The fourth-order valence-corrected chi connectivity index (χ4v) is 5.04. The van der Waals surface area contributed by atoms with Crippen LogP contribution in [-0.2, 0) is 14.1 Å². The van der Waals surface area contributed by atoms with E-state index in [2.05, 4.69) is 20.6 Å². The average molecular weight is 519 g/mol. The van der Waals surface area contributed by atoms with Crippen molar-refractivity contribution in [1.82, 2.24) is 25.5 Å². The number of hydrogen-bond donors (Lipinski definition) is 4. The predicted octanol–water partition coefficient (Wildman–Crippen LogP) is 0.0766. The van der Waals surface area contributed by atoms with Crippen LogP contribution in [0.25, 0.3) is 11.4 Å². The number of rotatable bonds is 8. The van der Waals surface area contributed by atoms with Gasteiger partial charge in [0.25, 0.3) is 5.91 Å². The molecule has 0 saturated carbocycles. The van der Waals surface area contributed by atoms with Crippen molar-refractivity contribution < 1.29 is 28.7 Å². The third-order valence-electron chi connectivity index (χ3n) is 6.23. The van der Waals surface area contributed by atoms with E-state index in [4.69, 9.17) is 4.74 Å². The zero-order chi connectivity index (χ0) is 25.7. The summed E-state index contributed by atoms with van der Waals surface area (Å²) in [4.78, 5) is 58.1. The van der Waals surface area contributed by atoms with Crippen LogP contribution < -0.4 is 15.5 Å². The molecule has 2 fully saturated rings. The molecule has 4 N–H and O–H groups in total. The molecule has 2 amide bonds. The molecule has 2 saturated heterocycles. The van der Waals surface area contributed by atoms with E-state index in [-0.39, 0.29) is 11.8 Å². The molecule has 0 spiro atoms. The maximum Gasteiger partial charge on any atom is 0.328 e. The zero-order valence-corrected chi connectivity index (χ0v) is 20.9. The molecule has 194 valence electrons. The summed E-state index contributed by atoms with van der Waals surface area (Å²) in [6.45, 7) is 3.19. The second-order valence-electron chi connectivity index (χ2n) is 8.84. The van der Waals surface area contributed by atoms with Gasteiger partial charge in [-0.05, 0) is 6.42 Å². The van der Waals surface area contributed by atoms with Gasteiger partial charge in [-0.3, -0.25) is 14.2 Å². The molecule has 0 unspecified atom stereocenters. The molecule has 1 aromatic carbocycles. The van der Waals surface area contributed by atoms with Crippen LogP contribution in [0.5, 0.6) is 0 Å². The minimum absolute atomic E-state index is 0.00328. The molecule has 2 atom stereocenters. The molecule has 4 rings (SSSR count). The van der Waals surface area contributed by atoms with Crippen LogP contribution in [0.1, 0.15) is 16.9 Å². The lowest BCUT2D eigenvalue weighted by Crippen LogP contribution is -2.55. The zero-order valence-electron chi connectivity index (χ0n) is 20.0. The number of benzene rings is 1. The molecule has 0 aliphatic carbocycles. The summed E-state index contributed by atoms with van der Waals surface area (Å²) in [5.41, 5.74) is 0.711. The summed E-state index contributed by atoms with van der Waals surface area (Å²) < 4.78 is 17.2. The van der Waals surface area contributed by atoms with Gasteiger partial charge in [0.05, 0.1) is 12.3 Å². The maximum absolute atomic E-state index is 13.3. The molecule has 2 aliphatic heterocycles. The minimum atomic E-state index is -4.60. The molecule has 13 heteroatoms. The number of nitrogens with zero attached hydrogens (tertiary/aromatic N) is 4. The molecule has 36 heavy (non-hydrogen) atoms. The van der Waals surface area contributed by atoms with Crippen LogP contribution in [0, 0.1) is 0 Å². The van der Waals surface area contributed by atoms with Crippen LogP contribution in [0.4, 0.5) is 5.82 Å². The fraction of sp³-hybridized carbons (Fsp3) is 0.478. The quantitative estimate of drug-likeness (QED) is 0.353. The van der Waals surface area contributed by atoms with Crippen LogP contribution in [0.3, 0.4) is 0 Å². The van der Waals surface area contributed by atoms with Gasteiger partial charge in [-0.1, -0.05) is 30.3 Å². The number of anilines is 1. The summed E-state index contributed by atoms with van der Waals surface area (Å²) in [6, 6.07) is 9.33. The third-order valence-corrected chi connectivity index (χ3v) is 7.07. The Labute approximate surface area is 209 Å². The summed E-state index contributed by atoms with van der Waals surface area (Å²) in [5.74, 6) is -0.374. The molecule has 2 aromatic rings. The highest BCUT2D eigenvalue weighted by Crippen LogP contribution is 2.35. The van der Waals surface area contributed by atoms with E-state index in [1.807, 2.05) is 35.2 Å². The van der Waals surface area contributed by atoms with Crippen LogP contribution >= 0.6 is 7.60 Å². The van der Waals surface area contributed by atoms with Gasteiger partial charge < -0.3 is 35.0 Å².